The van der Waals surface area contributed by atoms with E-state index < -0.39 is 0 Å². The van der Waals surface area contributed by atoms with Gasteiger partial charge in [0, 0.05) is 17.8 Å². The van der Waals surface area contributed by atoms with Gasteiger partial charge in [-0.05, 0) is 35.9 Å². The first kappa shape index (κ1) is 16.8. The molecular formula is C19H16N4O4. The molecule has 0 spiro atoms. The molecule has 8 heteroatoms. The SMILES string of the molecule is Nc1nc(-c2ccco2)c(-c2ccnc(OCCO)c2)c(-c2ccco2)n1. The fourth-order valence-electron chi connectivity index (χ4n) is 2.73. The Balaban J connectivity index is 1.95. The molecule has 0 bridgehead atoms. The summed E-state index contributed by atoms with van der Waals surface area (Å²) in [6, 6.07) is 10.7. The van der Waals surface area contributed by atoms with Crippen LogP contribution in [0.2, 0.25) is 0 Å². The molecule has 0 aliphatic heterocycles. The lowest BCUT2D eigenvalue weighted by Gasteiger charge is -2.13. The number of ether oxygens (including phenoxy) is 1. The monoisotopic (exact) mass is 364 g/mol. The Bertz CT molecular complexity index is 975. The first-order valence-corrected chi connectivity index (χ1v) is 8.21. The zero-order valence-electron chi connectivity index (χ0n) is 14.2. The van der Waals surface area contributed by atoms with Gasteiger partial charge >= 0.3 is 0 Å². The summed E-state index contributed by atoms with van der Waals surface area (Å²) in [6.45, 7) is 0.0386. The molecule has 4 aromatic rings. The zero-order chi connectivity index (χ0) is 18.6. The first-order chi connectivity index (χ1) is 13.3. The highest BCUT2D eigenvalue weighted by atomic mass is 16.5. The van der Waals surface area contributed by atoms with Crippen LogP contribution in [0.5, 0.6) is 5.88 Å². The Morgan fingerprint density at radius 3 is 2.22 bits per heavy atom. The maximum Gasteiger partial charge on any atom is 0.221 e. The van der Waals surface area contributed by atoms with Crippen molar-refractivity contribution in [3.05, 3.63) is 55.1 Å². The lowest BCUT2D eigenvalue weighted by molar-refractivity contribution is 0.197. The van der Waals surface area contributed by atoms with Crippen molar-refractivity contribution >= 4 is 5.95 Å². The third kappa shape index (κ3) is 3.38. The van der Waals surface area contributed by atoms with Crippen LogP contribution in [0.15, 0.2) is 64.0 Å². The molecule has 0 fully saturated rings. The normalized spacial score (nSPS) is 10.9. The fourth-order valence-corrected chi connectivity index (χ4v) is 2.73. The molecule has 0 atom stereocenters. The number of hydrogen-bond acceptors (Lipinski definition) is 8. The van der Waals surface area contributed by atoms with Crippen molar-refractivity contribution < 1.29 is 18.7 Å². The van der Waals surface area contributed by atoms with Gasteiger partial charge in [0.05, 0.1) is 19.1 Å². The second kappa shape index (κ2) is 7.30. The summed E-state index contributed by atoms with van der Waals surface area (Å²) in [6.07, 6.45) is 4.73. The van der Waals surface area contributed by atoms with Gasteiger partial charge in [0.25, 0.3) is 0 Å². The minimum absolute atomic E-state index is 0.0994. The summed E-state index contributed by atoms with van der Waals surface area (Å²) in [5, 5.41) is 8.97. The van der Waals surface area contributed by atoms with Crippen LogP contribution in [0, 0.1) is 0 Å². The van der Waals surface area contributed by atoms with E-state index in [9.17, 15) is 0 Å². The number of pyridine rings is 1. The molecule has 0 amide bonds. The second-order valence-corrected chi connectivity index (χ2v) is 5.56. The van der Waals surface area contributed by atoms with Gasteiger partial charge in [0.15, 0.2) is 11.5 Å². The van der Waals surface area contributed by atoms with Crippen LogP contribution in [0.3, 0.4) is 0 Å². The van der Waals surface area contributed by atoms with Crippen LogP contribution in [0.1, 0.15) is 0 Å². The highest BCUT2D eigenvalue weighted by molar-refractivity contribution is 5.89. The molecule has 0 saturated carbocycles. The van der Waals surface area contributed by atoms with E-state index in [0.717, 1.165) is 5.56 Å². The lowest BCUT2D eigenvalue weighted by Crippen LogP contribution is -2.04. The Morgan fingerprint density at radius 1 is 1.00 bits per heavy atom. The maximum atomic E-state index is 8.97. The number of hydrogen-bond donors (Lipinski definition) is 2. The van der Waals surface area contributed by atoms with E-state index in [1.807, 2.05) is 0 Å². The van der Waals surface area contributed by atoms with Gasteiger partial charge in [0.1, 0.15) is 18.0 Å². The molecule has 4 aromatic heterocycles. The third-order valence-corrected chi connectivity index (χ3v) is 3.80. The molecule has 27 heavy (non-hydrogen) atoms. The summed E-state index contributed by atoms with van der Waals surface area (Å²) in [4.78, 5) is 12.9. The molecule has 4 heterocycles. The highest BCUT2D eigenvalue weighted by Crippen LogP contribution is 2.39. The zero-order valence-corrected chi connectivity index (χ0v) is 14.2. The van der Waals surface area contributed by atoms with Gasteiger partial charge in [-0.25, -0.2) is 15.0 Å². The smallest absolute Gasteiger partial charge is 0.221 e. The number of furan rings is 2. The van der Waals surface area contributed by atoms with E-state index in [-0.39, 0.29) is 19.2 Å². The van der Waals surface area contributed by atoms with E-state index in [1.165, 1.54) is 0 Å². The molecule has 4 rings (SSSR count). The predicted octanol–water partition coefficient (Wildman–Crippen LogP) is 3.01. The number of nitrogens with two attached hydrogens (primary N) is 1. The first-order valence-electron chi connectivity index (χ1n) is 8.21. The minimum Gasteiger partial charge on any atom is -0.475 e. The molecule has 8 nitrogen and oxygen atoms in total. The van der Waals surface area contributed by atoms with Crippen LogP contribution in [0.25, 0.3) is 34.0 Å². The predicted molar refractivity (Wildman–Crippen MR) is 97.7 cm³/mol. The van der Waals surface area contributed by atoms with Gasteiger partial charge in [0.2, 0.25) is 11.8 Å². The number of aromatic nitrogens is 3. The van der Waals surface area contributed by atoms with Crippen molar-refractivity contribution in [3.8, 4) is 39.9 Å². The average molecular weight is 364 g/mol. The Kier molecular flexibility index (Phi) is 4.54. The van der Waals surface area contributed by atoms with Crippen molar-refractivity contribution in [2.24, 2.45) is 0 Å². The van der Waals surface area contributed by atoms with Gasteiger partial charge in [-0.2, -0.15) is 0 Å². The number of anilines is 1. The molecule has 0 unspecified atom stereocenters. The van der Waals surface area contributed by atoms with Crippen LogP contribution in [-0.2, 0) is 0 Å². The number of aliphatic hydroxyl groups is 1. The van der Waals surface area contributed by atoms with Crippen molar-refractivity contribution in [1.82, 2.24) is 15.0 Å². The molecule has 136 valence electrons. The molecule has 0 saturated heterocycles. The van der Waals surface area contributed by atoms with Crippen molar-refractivity contribution in [1.29, 1.82) is 0 Å². The van der Waals surface area contributed by atoms with Gasteiger partial charge in [-0.3, -0.25) is 0 Å². The third-order valence-electron chi connectivity index (χ3n) is 3.80. The maximum absolute atomic E-state index is 8.97. The number of nitrogens with zero attached hydrogens (tertiary/aromatic N) is 3. The summed E-state index contributed by atoms with van der Waals surface area (Å²) in [5.41, 5.74) is 8.41. The van der Waals surface area contributed by atoms with Crippen LogP contribution in [0.4, 0.5) is 5.95 Å². The van der Waals surface area contributed by atoms with E-state index in [0.29, 0.717) is 34.4 Å². The lowest BCUT2D eigenvalue weighted by atomic mass is 10.00. The van der Waals surface area contributed by atoms with Gasteiger partial charge in [-0.15, -0.1) is 0 Å². The average Bonchev–Trinajstić information content (AvgIpc) is 3.39. The van der Waals surface area contributed by atoms with Crippen molar-refractivity contribution in [3.63, 3.8) is 0 Å². The quantitative estimate of drug-likeness (QED) is 0.535. The van der Waals surface area contributed by atoms with E-state index >= 15 is 0 Å². The Hall–Kier alpha value is -3.65. The standard InChI is InChI=1S/C19H16N4O4/c20-19-22-17(13-3-1-8-25-13)16(18(23-19)14-4-2-9-26-14)12-5-6-21-15(11-12)27-10-7-24/h1-6,8-9,11,24H,7,10H2,(H2,20,22,23). The van der Waals surface area contributed by atoms with Gasteiger partial charge in [-0.1, -0.05) is 0 Å². The Morgan fingerprint density at radius 2 is 1.67 bits per heavy atom. The number of rotatable bonds is 6. The summed E-state index contributed by atoms with van der Waals surface area (Å²) in [5.74, 6) is 1.56. The molecule has 0 aliphatic carbocycles. The van der Waals surface area contributed by atoms with Crippen LogP contribution < -0.4 is 10.5 Å². The molecule has 0 aliphatic rings. The van der Waals surface area contributed by atoms with E-state index in [1.54, 1.807) is 55.1 Å². The van der Waals surface area contributed by atoms with Crippen LogP contribution in [-0.4, -0.2) is 33.3 Å². The second-order valence-electron chi connectivity index (χ2n) is 5.56. The summed E-state index contributed by atoms with van der Waals surface area (Å²) < 4.78 is 16.5. The topological polar surface area (TPSA) is 120 Å². The fraction of sp³-hybridized carbons (Fsp3) is 0.105. The number of aliphatic hydroxyl groups excluding tert-OH is 1. The summed E-state index contributed by atoms with van der Waals surface area (Å²) >= 11 is 0. The van der Waals surface area contributed by atoms with E-state index in [2.05, 4.69) is 15.0 Å². The molecule has 3 N–H and O–H groups in total. The van der Waals surface area contributed by atoms with E-state index in [4.69, 9.17) is 24.4 Å². The number of nitrogen functional groups attached to an aromatic ring is 1. The van der Waals surface area contributed by atoms with Crippen LogP contribution >= 0.6 is 0 Å². The molecular weight excluding hydrogens is 348 g/mol. The Labute approximate surface area is 154 Å². The minimum atomic E-state index is -0.105. The van der Waals surface area contributed by atoms with Crippen molar-refractivity contribution in [2.75, 3.05) is 18.9 Å². The summed E-state index contributed by atoms with van der Waals surface area (Å²) in [7, 11) is 0. The van der Waals surface area contributed by atoms with Gasteiger partial charge < -0.3 is 24.4 Å². The largest absolute Gasteiger partial charge is 0.475 e. The van der Waals surface area contributed by atoms with Crippen molar-refractivity contribution in [2.45, 2.75) is 0 Å². The molecule has 0 aromatic carbocycles. The highest BCUT2D eigenvalue weighted by Gasteiger charge is 2.22. The molecule has 0 radical (unpaired) electrons.